The maximum Gasteiger partial charge on any atom is 0.250 e. The predicted octanol–water partition coefficient (Wildman–Crippen LogP) is 1.71. The molecule has 72 valence electrons. The SMILES string of the molecule is Cc1cnn(-c2ncc(CCl)cn2)c1. The standard InChI is InChI=1S/C9H9ClN4/c1-7-3-13-14(6-7)9-11-4-8(2-10)5-12-9/h3-6H,2H2,1H3. The summed E-state index contributed by atoms with van der Waals surface area (Å²) in [4.78, 5) is 8.28. The number of nitrogens with zero attached hydrogens (tertiary/aromatic N) is 4. The van der Waals surface area contributed by atoms with Crippen LogP contribution in [0.2, 0.25) is 0 Å². The molecule has 2 heterocycles. The first kappa shape index (κ1) is 9.15. The van der Waals surface area contributed by atoms with E-state index >= 15 is 0 Å². The topological polar surface area (TPSA) is 43.6 Å². The van der Waals surface area contributed by atoms with Gasteiger partial charge >= 0.3 is 0 Å². The molecule has 0 saturated carbocycles. The molecule has 2 rings (SSSR count). The third-order valence-electron chi connectivity index (χ3n) is 1.76. The second kappa shape index (κ2) is 3.75. The minimum absolute atomic E-state index is 0.429. The molecular formula is C9H9ClN4. The predicted molar refractivity (Wildman–Crippen MR) is 53.4 cm³/mol. The van der Waals surface area contributed by atoms with Crippen LogP contribution in [0, 0.1) is 6.92 Å². The zero-order valence-corrected chi connectivity index (χ0v) is 8.44. The molecule has 0 spiro atoms. The zero-order valence-electron chi connectivity index (χ0n) is 7.68. The van der Waals surface area contributed by atoms with Crippen LogP contribution in [-0.4, -0.2) is 19.7 Å². The van der Waals surface area contributed by atoms with E-state index in [1.165, 1.54) is 0 Å². The van der Waals surface area contributed by atoms with E-state index < -0.39 is 0 Å². The molecule has 4 nitrogen and oxygen atoms in total. The van der Waals surface area contributed by atoms with E-state index in [9.17, 15) is 0 Å². The highest BCUT2D eigenvalue weighted by Gasteiger charge is 2.00. The molecular weight excluding hydrogens is 200 g/mol. The number of aryl methyl sites for hydroxylation is 1. The Hall–Kier alpha value is -1.42. The first-order valence-corrected chi connectivity index (χ1v) is 4.71. The summed E-state index contributed by atoms with van der Waals surface area (Å²) in [5, 5.41) is 4.10. The zero-order chi connectivity index (χ0) is 9.97. The van der Waals surface area contributed by atoms with Gasteiger partial charge in [0, 0.05) is 24.2 Å². The fourth-order valence-corrected chi connectivity index (χ4v) is 1.20. The molecule has 0 N–H and O–H groups in total. The average Bonchev–Trinajstić information content (AvgIpc) is 2.65. The van der Waals surface area contributed by atoms with Gasteiger partial charge in [-0.1, -0.05) is 0 Å². The summed E-state index contributed by atoms with van der Waals surface area (Å²) in [5.74, 6) is 0.991. The summed E-state index contributed by atoms with van der Waals surface area (Å²) >= 11 is 5.63. The van der Waals surface area contributed by atoms with Crippen molar-refractivity contribution in [3.63, 3.8) is 0 Å². The molecule has 0 unspecified atom stereocenters. The Labute approximate surface area is 86.6 Å². The maximum atomic E-state index is 5.63. The largest absolute Gasteiger partial charge is 0.250 e. The second-order valence-corrected chi connectivity index (χ2v) is 3.25. The third-order valence-corrected chi connectivity index (χ3v) is 2.07. The third kappa shape index (κ3) is 1.75. The van der Waals surface area contributed by atoms with Gasteiger partial charge in [-0.2, -0.15) is 5.10 Å². The lowest BCUT2D eigenvalue weighted by Gasteiger charge is -1.98. The van der Waals surface area contributed by atoms with Crippen molar-refractivity contribution >= 4 is 11.6 Å². The Morgan fingerprint density at radius 2 is 2.00 bits per heavy atom. The van der Waals surface area contributed by atoms with Gasteiger partial charge in [0.05, 0.1) is 12.1 Å². The van der Waals surface area contributed by atoms with Gasteiger partial charge in [-0.3, -0.25) is 0 Å². The molecule has 2 aromatic heterocycles. The quantitative estimate of drug-likeness (QED) is 0.706. The van der Waals surface area contributed by atoms with Crippen molar-refractivity contribution in [3.8, 4) is 5.95 Å². The Kier molecular flexibility index (Phi) is 2.45. The van der Waals surface area contributed by atoms with E-state index in [1.807, 2.05) is 13.1 Å². The normalized spacial score (nSPS) is 10.4. The summed E-state index contributed by atoms with van der Waals surface area (Å²) in [6, 6.07) is 0. The number of hydrogen-bond donors (Lipinski definition) is 0. The number of alkyl halides is 1. The lowest BCUT2D eigenvalue weighted by molar-refractivity contribution is 0.804. The van der Waals surface area contributed by atoms with Crippen LogP contribution < -0.4 is 0 Å². The van der Waals surface area contributed by atoms with Crippen molar-refractivity contribution < 1.29 is 0 Å². The van der Waals surface area contributed by atoms with E-state index in [0.29, 0.717) is 11.8 Å². The van der Waals surface area contributed by atoms with Crippen LogP contribution in [0.5, 0.6) is 0 Å². The van der Waals surface area contributed by atoms with E-state index in [1.54, 1.807) is 23.3 Å². The molecule has 0 atom stereocenters. The smallest absolute Gasteiger partial charge is 0.219 e. The molecule has 5 heteroatoms. The van der Waals surface area contributed by atoms with Crippen LogP contribution in [0.3, 0.4) is 0 Å². The summed E-state index contributed by atoms with van der Waals surface area (Å²) in [6.45, 7) is 1.97. The summed E-state index contributed by atoms with van der Waals surface area (Å²) in [5.41, 5.74) is 1.98. The molecule has 0 radical (unpaired) electrons. The van der Waals surface area contributed by atoms with Crippen LogP contribution in [0.25, 0.3) is 5.95 Å². The van der Waals surface area contributed by atoms with Crippen molar-refractivity contribution in [2.45, 2.75) is 12.8 Å². The fourth-order valence-electron chi connectivity index (χ4n) is 1.06. The van der Waals surface area contributed by atoms with Crippen molar-refractivity contribution in [1.82, 2.24) is 19.7 Å². The van der Waals surface area contributed by atoms with Crippen LogP contribution >= 0.6 is 11.6 Å². The average molecular weight is 209 g/mol. The molecule has 0 amide bonds. The molecule has 2 aromatic rings. The molecule has 0 aliphatic carbocycles. The number of halogens is 1. The summed E-state index contributed by atoms with van der Waals surface area (Å²) in [6.07, 6.45) is 7.03. The lowest BCUT2D eigenvalue weighted by atomic mass is 10.4. The minimum Gasteiger partial charge on any atom is -0.219 e. The van der Waals surface area contributed by atoms with Gasteiger partial charge in [-0.15, -0.1) is 11.6 Å². The van der Waals surface area contributed by atoms with Crippen LogP contribution in [0.4, 0.5) is 0 Å². The van der Waals surface area contributed by atoms with Gasteiger partial charge in [0.25, 0.3) is 0 Å². The molecule has 14 heavy (non-hydrogen) atoms. The van der Waals surface area contributed by atoms with Crippen molar-refractivity contribution in [3.05, 3.63) is 35.9 Å². The summed E-state index contributed by atoms with van der Waals surface area (Å²) in [7, 11) is 0. The van der Waals surface area contributed by atoms with E-state index in [4.69, 9.17) is 11.6 Å². The van der Waals surface area contributed by atoms with Gasteiger partial charge in [-0.25, -0.2) is 14.6 Å². The summed E-state index contributed by atoms with van der Waals surface area (Å²) < 4.78 is 1.63. The maximum absolute atomic E-state index is 5.63. The number of aromatic nitrogens is 4. The van der Waals surface area contributed by atoms with Gasteiger partial charge in [0.15, 0.2) is 0 Å². The van der Waals surface area contributed by atoms with Gasteiger partial charge < -0.3 is 0 Å². The van der Waals surface area contributed by atoms with Gasteiger partial charge in [0.2, 0.25) is 5.95 Å². The highest BCUT2D eigenvalue weighted by molar-refractivity contribution is 6.17. The van der Waals surface area contributed by atoms with E-state index in [0.717, 1.165) is 11.1 Å². The van der Waals surface area contributed by atoms with Crippen molar-refractivity contribution in [2.75, 3.05) is 0 Å². The highest BCUT2D eigenvalue weighted by atomic mass is 35.5. The monoisotopic (exact) mass is 208 g/mol. The van der Waals surface area contributed by atoms with Gasteiger partial charge in [-0.05, 0) is 12.5 Å². The Balaban J connectivity index is 2.33. The second-order valence-electron chi connectivity index (χ2n) is 2.99. The Morgan fingerprint density at radius 1 is 1.29 bits per heavy atom. The first-order valence-electron chi connectivity index (χ1n) is 4.18. The molecule has 0 aromatic carbocycles. The Bertz CT molecular complexity index is 421. The van der Waals surface area contributed by atoms with Crippen LogP contribution in [0.15, 0.2) is 24.8 Å². The molecule has 0 bridgehead atoms. The van der Waals surface area contributed by atoms with Crippen LogP contribution in [0.1, 0.15) is 11.1 Å². The van der Waals surface area contributed by atoms with Crippen molar-refractivity contribution in [1.29, 1.82) is 0 Å². The number of rotatable bonds is 2. The highest BCUT2D eigenvalue weighted by Crippen LogP contribution is 2.04. The molecule has 0 aliphatic heterocycles. The first-order chi connectivity index (χ1) is 6.79. The number of hydrogen-bond acceptors (Lipinski definition) is 3. The van der Waals surface area contributed by atoms with Crippen LogP contribution in [-0.2, 0) is 5.88 Å². The fraction of sp³-hybridized carbons (Fsp3) is 0.222. The van der Waals surface area contributed by atoms with Gasteiger partial charge in [0.1, 0.15) is 0 Å². The van der Waals surface area contributed by atoms with E-state index in [2.05, 4.69) is 15.1 Å². The molecule has 0 saturated heterocycles. The Morgan fingerprint density at radius 3 is 2.50 bits per heavy atom. The molecule has 0 aliphatic rings. The minimum atomic E-state index is 0.429. The van der Waals surface area contributed by atoms with Crippen molar-refractivity contribution in [2.24, 2.45) is 0 Å². The molecule has 0 fully saturated rings. The van der Waals surface area contributed by atoms with E-state index in [-0.39, 0.29) is 0 Å². The lowest BCUT2D eigenvalue weighted by Crippen LogP contribution is -2.01.